The number of aryl methyl sites for hydroxylation is 1. The SMILES string of the molecule is CCOc1cc(CN(C)c2ccccc2C)ccc1O. The van der Waals surface area contributed by atoms with E-state index in [0.717, 1.165) is 12.1 Å². The molecule has 0 saturated carbocycles. The largest absolute Gasteiger partial charge is 0.504 e. The van der Waals surface area contributed by atoms with Crippen LogP contribution in [0.25, 0.3) is 0 Å². The molecule has 0 radical (unpaired) electrons. The summed E-state index contributed by atoms with van der Waals surface area (Å²) in [4.78, 5) is 2.19. The van der Waals surface area contributed by atoms with Crippen LogP contribution in [0.3, 0.4) is 0 Å². The molecular weight excluding hydrogens is 250 g/mol. The molecule has 0 spiro atoms. The van der Waals surface area contributed by atoms with Gasteiger partial charge in [0.05, 0.1) is 6.61 Å². The molecule has 0 fully saturated rings. The van der Waals surface area contributed by atoms with Crippen LogP contribution in [0.2, 0.25) is 0 Å². The second-order valence-corrected chi connectivity index (χ2v) is 4.88. The average Bonchev–Trinajstić information content (AvgIpc) is 2.43. The van der Waals surface area contributed by atoms with E-state index in [-0.39, 0.29) is 5.75 Å². The Morgan fingerprint density at radius 3 is 2.60 bits per heavy atom. The van der Waals surface area contributed by atoms with Crippen molar-refractivity contribution in [1.29, 1.82) is 0 Å². The van der Waals surface area contributed by atoms with Gasteiger partial charge >= 0.3 is 0 Å². The molecule has 1 N–H and O–H groups in total. The molecule has 3 heteroatoms. The number of rotatable bonds is 5. The van der Waals surface area contributed by atoms with E-state index in [9.17, 15) is 5.11 Å². The Bertz CT molecular complexity index is 581. The highest BCUT2D eigenvalue weighted by Crippen LogP contribution is 2.28. The predicted octanol–water partition coefficient (Wildman–Crippen LogP) is 3.74. The molecule has 0 aliphatic carbocycles. The van der Waals surface area contributed by atoms with Crippen molar-refractivity contribution in [3.63, 3.8) is 0 Å². The molecule has 0 saturated heterocycles. The molecule has 0 unspecified atom stereocenters. The van der Waals surface area contributed by atoms with Crippen LogP contribution < -0.4 is 9.64 Å². The minimum Gasteiger partial charge on any atom is -0.504 e. The van der Waals surface area contributed by atoms with Crippen LogP contribution in [0.15, 0.2) is 42.5 Å². The van der Waals surface area contributed by atoms with Gasteiger partial charge in [-0.05, 0) is 43.2 Å². The van der Waals surface area contributed by atoms with Crippen molar-refractivity contribution >= 4 is 5.69 Å². The number of para-hydroxylation sites is 1. The monoisotopic (exact) mass is 271 g/mol. The number of nitrogens with zero attached hydrogens (tertiary/aromatic N) is 1. The first-order valence-corrected chi connectivity index (χ1v) is 6.83. The first-order valence-electron chi connectivity index (χ1n) is 6.83. The zero-order chi connectivity index (χ0) is 14.5. The maximum absolute atomic E-state index is 9.72. The number of phenols is 1. The van der Waals surface area contributed by atoms with Gasteiger partial charge in [-0.2, -0.15) is 0 Å². The van der Waals surface area contributed by atoms with Crippen LogP contribution in [0, 0.1) is 6.92 Å². The Morgan fingerprint density at radius 2 is 1.90 bits per heavy atom. The van der Waals surface area contributed by atoms with Gasteiger partial charge in [-0.1, -0.05) is 24.3 Å². The highest BCUT2D eigenvalue weighted by molar-refractivity contribution is 5.53. The molecule has 106 valence electrons. The highest BCUT2D eigenvalue weighted by Gasteiger charge is 2.08. The van der Waals surface area contributed by atoms with Crippen LogP contribution in [0.5, 0.6) is 11.5 Å². The minimum absolute atomic E-state index is 0.189. The topological polar surface area (TPSA) is 32.7 Å². The Hall–Kier alpha value is -2.16. The summed E-state index contributed by atoms with van der Waals surface area (Å²) in [5, 5.41) is 9.72. The van der Waals surface area contributed by atoms with Gasteiger partial charge in [0.1, 0.15) is 0 Å². The average molecular weight is 271 g/mol. The number of hydrogen-bond donors (Lipinski definition) is 1. The Labute approximate surface area is 120 Å². The van der Waals surface area contributed by atoms with E-state index in [1.54, 1.807) is 6.07 Å². The molecule has 0 bridgehead atoms. The van der Waals surface area contributed by atoms with Gasteiger partial charge in [0.25, 0.3) is 0 Å². The van der Waals surface area contributed by atoms with Gasteiger partial charge in [0.15, 0.2) is 11.5 Å². The van der Waals surface area contributed by atoms with Crippen molar-refractivity contribution < 1.29 is 9.84 Å². The summed E-state index contributed by atoms with van der Waals surface area (Å²) < 4.78 is 5.42. The van der Waals surface area contributed by atoms with Crippen LogP contribution >= 0.6 is 0 Å². The molecule has 0 amide bonds. The fourth-order valence-electron chi connectivity index (χ4n) is 2.28. The van der Waals surface area contributed by atoms with Gasteiger partial charge in [-0.3, -0.25) is 0 Å². The fourth-order valence-corrected chi connectivity index (χ4v) is 2.28. The summed E-state index contributed by atoms with van der Waals surface area (Å²) >= 11 is 0. The van der Waals surface area contributed by atoms with Crippen LogP contribution in [-0.2, 0) is 6.54 Å². The quantitative estimate of drug-likeness (QED) is 0.899. The van der Waals surface area contributed by atoms with Crippen molar-refractivity contribution in [2.45, 2.75) is 20.4 Å². The summed E-state index contributed by atoms with van der Waals surface area (Å²) in [6.45, 7) is 5.33. The third kappa shape index (κ3) is 3.23. The Kier molecular flexibility index (Phi) is 4.51. The Balaban J connectivity index is 2.17. The van der Waals surface area contributed by atoms with Crippen molar-refractivity contribution in [3.05, 3.63) is 53.6 Å². The molecular formula is C17H21NO2. The van der Waals surface area contributed by atoms with E-state index in [4.69, 9.17) is 4.74 Å². The standard InChI is InChI=1S/C17H21NO2/c1-4-20-17-11-14(9-10-16(17)19)12-18(3)15-8-6-5-7-13(15)2/h5-11,19H,4,12H2,1-3H3. The first kappa shape index (κ1) is 14.3. The van der Waals surface area contributed by atoms with Gasteiger partial charge in [-0.15, -0.1) is 0 Å². The lowest BCUT2D eigenvalue weighted by atomic mass is 10.1. The lowest BCUT2D eigenvalue weighted by molar-refractivity contribution is 0.318. The van der Waals surface area contributed by atoms with E-state index < -0.39 is 0 Å². The smallest absolute Gasteiger partial charge is 0.161 e. The maximum Gasteiger partial charge on any atom is 0.161 e. The maximum atomic E-state index is 9.72. The number of ether oxygens (including phenoxy) is 1. The predicted molar refractivity (Wildman–Crippen MR) is 82.6 cm³/mol. The summed E-state index contributed by atoms with van der Waals surface area (Å²) in [7, 11) is 2.07. The fraction of sp³-hybridized carbons (Fsp3) is 0.294. The van der Waals surface area contributed by atoms with Gasteiger partial charge in [0.2, 0.25) is 0 Å². The normalized spacial score (nSPS) is 10.3. The highest BCUT2D eigenvalue weighted by atomic mass is 16.5. The Morgan fingerprint density at radius 1 is 1.15 bits per heavy atom. The molecule has 2 rings (SSSR count). The van der Waals surface area contributed by atoms with Crippen molar-refractivity contribution in [1.82, 2.24) is 0 Å². The van der Waals surface area contributed by atoms with Crippen LogP contribution in [0.1, 0.15) is 18.1 Å². The van der Waals surface area contributed by atoms with Crippen molar-refractivity contribution in [2.24, 2.45) is 0 Å². The van der Waals surface area contributed by atoms with E-state index in [1.807, 2.05) is 31.2 Å². The molecule has 0 atom stereocenters. The first-order chi connectivity index (χ1) is 9.61. The van der Waals surface area contributed by atoms with E-state index in [1.165, 1.54) is 11.3 Å². The van der Waals surface area contributed by atoms with Gasteiger partial charge < -0.3 is 14.7 Å². The summed E-state index contributed by atoms with van der Waals surface area (Å²) in [5.41, 5.74) is 3.56. The number of aromatic hydroxyl groups is 1. The summed E-state index contributed by atoms with van der Waals surface area (Å²) in [6, 6.07) is 13.8. The molecule has 0 aliphatic heterocycles. The number of phenolic OH excluding ortho intramolecular Hbond substituents is 1. The second-order valence-electron chi connectivity index (χ2n) is 4.88. The number of hydrogen-bond acceptors (Lipinski definition) is 3. The lowest BCUT2D eigenvalue weighted by Gasteiger charge is -2.22. The molecule has 2 aromatic carbocycles. The summed E-state index contributed by atoms with van der Waals surface area (Å²) in [6.07, 6.45) is 0. The third-order valence-electron chi connectivity index (χ3n) is 3.27. The van der Waals surface area contributed by atoms with Crippen molar-refractivity contribution in [3.8, 4) is 11.5 Å². The molecule has 20 heavy (non-hydrogen) atoms. The third-order valence-corrected chi connectivity index (χ3v) is 3.27. The second kappa shape index (κ2) is 6.33. The minimum atomic E-state index is 0.189. The zero-order valence-corrected chi connectivity index (χ0v) is 12.3. The van der Waals surface area contributed by atoms with E-state index >= 15 is 0 Å². The van der Waals surface area contributed by atoms with Crippen molar-refractivity contribution in [2.75, 3.05) is 18.6 Å². The van der Waals surface area contributed by atoms with E-state index in [2.05, 4.69) is 31.0 Å². The number of benzene rings is 2. The van der Waals surface area contributed by atoms with E-state index in [0.29, 0.717) is 12.4 Å². The van der Waals surface area contributed by atoms with Gasteiger partial charge in [0, 0.05) is 19.3 Å². The zero-order valence-electron chi connectivity index (χ0n) is 12.3. The molecule has 0 heterocycles. The summed E-state index contributed by atoms with van der Waals surface area (Å²) in [5.74, 6) is 0.734. The van der Waals surface area contributed by atoms with Gasteiger partial charge in [-0.25, -0.2) is 0 Å². The molecule has 3 nitrogen and oxygen atoms in total. The lowest BCUT2D eigenvalue weighted by Crippen LogP contribution is -2.17. The van der Waals surface area contributed by atoms with Crippen LogP contribution in [-0.4, -0.2) is 18.8 Å². The molecule has 0 aliphatic rings. The molecule has 0 aromatic heterocycles. The number of anilines is 1. The van der Waals surface area contributed by atoms with Crippen LogP contribution in [0.4, 0.5) is 5.69 Å². The molecule has 2 aromatic rings.